The first-order chi connectivity index (χ1) is 23.3. The Bertz CT molecular complexity index is 2180. The highest BCUT2D eigenvalue weighted by molar-refractivity contribution is 7.92. The van der Waals surface area contributed by atoms with E-state index in [0.29, 0.717) is 64.6 Å². The number of esters is 1. The predicted molar refractivity (Wildman–Crippen MR) is 184 cm³/mol. The van der Waals surface area contributed by atoms with E-state index in [9.17, 15) is 18.0 Å². The predicted octanol–water partition coefficient (Wildman–Crippen LogP) is 6.10. The van der Waals surface area contributed by atoms with Gasteiger partial charge in [0.15, 0.2) is 0 Å². The van der Waals surface area contributed by atoms with Crippen LogP contribution in [0.5, 0.6) is 6.01 Å². The summed E-state index contributed by atoms with van der Waals surface area (Å²) in [5.41, 5.74) is 4.89. The van der Waals surface area contributed by atoms with Gasteiger partial charge in [-0.2, -0.15) is 4.98 Å². The van der Waals surface area contributed by atoms with Crippen molar-refractivity contribution in [3.05, 3.63) is 88.6 Å². The molecule has 0 radical (unpaired) electrons. The number of benzene rings is 3. The first-order valence-electron chi connectivity index (χ1n) is 16.0. The third-order valence-corrected chi connectivity index (χ3v) is 10.4. The van der Waals surface area contributed by atoms with Crippen LogP contribution in [0.4, 0.5) is 5.88 Å². The molecule has 0 bridgehead atoms. The van der Waals surface area contributed by atoms with Gasteiger partial charge in [-0.15, -0.1) is 0 Å². The first-order valence-corrected chi connectivity index (χ1v) is 17.5. The first kappa shape index (κ1) is 33.7. The van der Waals surface area contributed by atoms with Crippen molar-refractivity contribution in [1.82, 2.24) is 19.6 Å². The van der Waals surface area contributed by atoms with Crippen molar-refractivity contribution >= 4 is 38.8 Å². The van der Waals surface area contributed by atoms with E-state index in [1.807, 2.05) is 54.5 Å². The van der Waals surface area contributed by atoms with Crippen molar-refractivity contribution in [2.45, 2.75) is 59.0 Å². The van der Waals surface area contributed by atoms with E-state index in [0.717, 1.165) is 11.1 Å². The summed E-state index contributed by atoms with van der Waals surface area (Å²) in [5.74, 6) is -0.413. The maximum atomic E-state index is 13.8. The monoisotopic (exact) mass is 685 g/mol. The van der Waals surface area contributed by atoms with Crippen LogP contribution in [-0.2, 0) is 32.6 Å². The van der Waals surface area contributed by atoms with Gasteiger partial charge in [0.2, 0.25) is 11.8 Å². The molecule has 0 saturated carbocycles. The van der Waals surface area contributed by atoms with Crippen LogP contribution in [0.25, 0.3) is 22.2 Å². The fourth-order valence-electron chi connectivity index (χ4n) is 6.16. The van der Waals surface area contributed by atoms with E-state index in [4.69, 9.17) is 14.0 Å². The number of sulfonamides is 1. The molecule has 1 aliphatic rings. The van der Waals surface area contributed by atoms with Gasteiger partial charge in [-0.1, -0.05) is 61.5 Å². The third-order valence-electron chi connectivity index (χ3n) is 9.01. The van der Waals surface area contributed by atoms with Crippen LogP contribution in [0, 0.1) is 19.3 Å². The minimum Gasteiger partial charge on any atom is -0.465 e. The lowest BCUT2D eigenvalue weighted by atomic mass is 9.92. The number of likely N-dealkylation sites (tertiary alicyclic amines) is 1. The second kappa shape index (κ2) is 13.0. The second-order valence-corrected chi connectivity index (χ2v) is 14.4. The number of amides is 1. The molecule has 6 rings (SSSR count). The molecule has 3 heterocycles. The van der Waals surface area contributed by atoms with Gasteiger partial charge in [0.25, 0.3) is 16.0 Å². The second-order valence-electron chi connectivity index (χ2n) is 12.8. The molecule has 1 aliphatic heterocycles. The summed E-state index contributed by atoms with van der Waals surface area (Å²) in [5, 5.41) is 3.88. The number of fused-ring (bicyclic) bond motifs is 1. The number of nitrogens with one attached hydrogen (secondary N) is 1. The summed E-state index contributed by atoms with van der Waals surface area (Å²) in [6.45, 7) is 10.7. The standard InChI is InChI=1S/C36H39N5O7S/c1-7-47-35-37-29-13-10-12-28(33(42)46-6)31(29)41(35)20-24-15-16-26(25(19-24)21-40-18-17-36(4,5)34(40)43)27-11-8-9-14-30(27)49(44,45)39-32-22(2)23(3)38-48-32/h8-16,19,39H,7,17-18,20-21H2,1-6H3. The topological polar surface area (TPSA) is 146 Å². The molecule has 1 fully saturated rings. The number of para-hydroxylation sites is 1. The summed E-state index contributed by atoms with van der Waals surface area (Å²) in [6, 6.07) is 18.1. The van der Waals surface area contributed by atoms with Gasteiger partial charge in [0, 0.05) is 29.6 Å². The van der Waals surface area contributed by atoms with E-state index >= 15 is 0 Å². The molecule has 1 saturated heterocycles. The number of aromatic nitrogens is 3. The number of anilines is 1. The molecular formula is C36H39N5O7S. The molecule has 12 nitrogen and oxygen atoms in total. The van der Waals surface area contributed by atoms with Crippen LogP contribution in [0.15, 0.2) is 70.1 Å². The van der Waals surface area contributed by atoms with E-state index in [1.54, 1.807) is 50.2 Å². The number of imidazole rings is 1. The molecule has 1 amide bonds. The molecule has 256 valence electrons. The number of methoxy groups -OCH3 is 1. The summed E-state index contributed by atoms with van der Waals surface area (Å²) >= 11 is 0. The average molecular weight is 686 g/mol. The molecule has 13 heteroatoms. The Kier molecular flexibility index (Phi) is 8.97. The number of hydrogen-bond donors (Lipinski definition) is 1. The maximum absolute atomic E-state index is 13.8. The highest BCUT2D eigenvalue weighted by atomic mass is 32.2. The number of ether oxygens (including phenoxy) is 2. The zero-order chi connectivity index (χ0) is 35.1. The van der Waals surface area contributed by atoms with Crippen molar-refractivity contribution in [2.24, 2.45) is 5.41 Å². The van der Waals surface area contributed by atoms with Gasteiger partial charge < -0.3 is 18.9 Å². The average Bonchev–Trinajstić information content (AvgIpc) is 3.68. The molecule has 3 aromatic carbocycles. The molecule has 0 aliphatic carbocycles. The molecule has 2 aromatic heterocycles. The molecule has 1 N–H and O–H groups in total. The van der Waals surface area contributed by atoms with Crippen LogP contribution in [0.3, 0.4) is 0 Å². The van der Waals surface area contributed by atoms with E-state index in [2.05, 4.69) is 14.9 Å². The molecule has 0 atom stereocenters. The Labute approximate surface area is 285 Å². The number of aryl methyl sites for hydroxylation is 1. The van der Waals surface area contributed by atoms with Crippen LogP contribution in [0.2, 0.25) is 0 Å². The van der Waals surface area contributed by atoms with Crippen molar-refractivity contribution in [1.29, 1.82) is 0 Å². The maximum Gasteiger partial charge on any atom is 0.340 e. The third kappa shape index (κ3) is 6.38. The summed E-state index contributed by atoms with van der Waals surface area (Å²) in [6.07, 6.45) is 0.709. The van der Waals surface area contributed by atoms with Gasteiger partial charge in [0.05, 0.1) is 47.4 Å². The van der Waals surface area contributed by atoms with Crippen molar-refractivity contribution in [2.75, 3.05) is 25.0 Å². The minimum absolute atomic E-state index is 0.0320. The quantitative estimate of drug-likeness (QED) is 0.163. The minimum atomic E-state index is -4.11. The molecule has 49 heavy (non-hydrogen) atoms. The number of carbonyl (C=O) groups excluding carboxylic acids is 2. The fourth-order valence-corrected chi connectivity index (χ4v) is 7.43. The Balaban J connectivity index is 1.47. The zero-order valence-electron chi connectivity index (χ0n) is 28.4. The molecular weight excluding hydrogens is 646 g/mol. The summed E-state index contributed by atoms with van der Waals surface area (Å²) in [4.78, 5) is 32.7. The SMILES string of the molecule is CCOc1nc2cccc(C(=O)OC)c2n1Cc1ccc(-c2ccccc2S(=O)(=O)Nc2onc(C)c2C)c(CN2CCC(C)(C)C2=O)c1. The Morgan fingerprint density at radius 2 is 1.82 bits per heavy atom. The molecule has 0 unspecified atom stereocenters. The number of hydrogen-bond acceptors (Lipinski definition) is 9. The van der Waals surface area contributed by atoms with E-state index < -0.39 is 21.4 Å². The fraction of sp³-hybridized carbons (Fsp3) is 0.333. The van der Waals surface area contributed by atoms with E-state index in [1.165, 1.54) is 7.11 Å². The van der Waals surface area contributed by atoms with Crippen LogP contribution in [-0.4, -0.2) is 60.2 Å². The molecule has 5 aromatic rings. The van der Waals surface area contributed by atoms with Crippen LogP contribution in [0.1, 0.15) is 59.9 Å². The highest BCUT2D eigenvalue weighted by Crippen LogP contribution is 2.37. The lowest BCUT2D eigenvalue weighted by Gasteiger charge is -2.23. The Morgan fingerprint density at radius 1 is 1.04 bits per heavy atom. The van der Waals surface area contributed by atoms with Gasteiger partial charge in [0.1, 0.15) is 0 Å². The summed E-state index contributed by atoms with van der Waals surface area (Å²) < 4.78 is 48.3. The number of rotatable bonds is 11. The number of nitrogens with zero attached hydrogens (tertiary/aromatic N) is 4. The smallest absolute Gasteiger partial charge is 0.340 e. The lowest BCUT2D eigenvalue weighted by molar-refractivity contribution is -0.135. The lowest BCUT2D eigenvalue weighted by Crippen LogP contribution is -2.30. The normalized spacial score (nSPS) is 14.4. The number of carbonyl (C=O) groups is 2. The Hall–Kier alpha value is -5.17. The van der Waals surface area contributed by atoms with Gasteiger partial charge in [-0.3, -0.25) is 9.36 Å². The van der Waals surface area contributed by atoms with Gasteiger partial charge in [-0.05, 0) is 62.1 Å². The van der Waals surface area contributed by atoms with Crippen molar-refractivity contribution < 1.29 is 32.0 Å². The summed E-state index contributed by atoms with van der Waals surface area (Å²) in [7, 11) is -2.78. The van der Waals surface area contributed by atoms with Crippen molar-refractivity contribution in [3.63, 3.8) is 0 Å². The van der Waals surface area contributed by atoms with Gasteiger partial charge in [-0.25, -0.2) is 17.9 Å². The van der Waals surface area contributed by atoms with Crippen molar-refractivity contribution in [3.8, 4) is 17.1 Å². The largest absolute Gasteiger partial charge is 0.465 e. The van der Waals surface area contributed by atoms with E-state index in [-0.39, 0.29) is 29.8 Å². The Morgan fingerprint density at radius 3 is 2.49 bits per heavy atom. The van der Waals surface area contributed by atoms with Crippen LogP contribution >= 0.6 is 0 Å². The van der Waals surface area contributed by atoms with Gasteiger partial charge >= 0.3 is 5.97 Å². The highest BCUT2D eigenvalue weighted by Gasteiger charge is 2.38. The zero-order valence-corrected chi connectivity index (χ0v) is 29.2. The molecule has 0 spiro atoms. The van der Waals surface area contributed by atoms with Crippen LogP contribution < -0.4 is 9.46 Å².